The van der Waals surface area contributed by atoms with Crippen LogP contribution in [0.1, 0.15) is 23.6 Å². The lowest BCUT2D eigenvalue weighted by Crippen LogP contribution is -2.26. The van der Waals surface area contributed by atoms with E-state index in [0.717, 1.165) is 0 Å². The molecule has 1 aromatic rings. The molecular weight excluding hydrogens is 158 g/mol. The number of nitrogens with two attached hydrogens (primary N) is 1. The van der Waals surface area contributed by atoms with E-state index in [9.17, 15) is 0 Å². The van der Waals surface area contributed by atoms with Gasteiger partial charge < -0.3 is 5.73 Å². The van der Waals surface area contributed by atoms with Gasteiger partial charge in [0.15, 0.2) is 0 Å². The summed E-state index contributed by atoms with van der Waals surface area (Å²) in [5.74, 6) is 0.663. The highest BCUT2D eigenvalue weighted by Crippen LogP contribution is 2.30. The molecule has 2 rings (SSSR count). The van der Waals surface area contributed by atoms with E-state index in [1.165, 1.54) is 24.0 Å². The van der Waals surface area contributed by atoms with E-state index in [-0.39, 0.29) is 0 Å². The van der Waals surface area contributed by atoms with Crippen molar-refractivity contribution in [3.8, 4) is 0 Å². The van der Waals surface area contributed by atoms with Crippen molar-refractivity contribution in [2.45, 2.75) is 32.7 Å². The van der Waals surface area contributed by atoms with Crippen LogP contribution in [0.15, 0.2) is 18.2 Å². The van der Waals surface area contributed by atoms with E-state index < -0.39 is 0 Å². The van der Waals surface area contributed by atoms with Crippen LogP contribution < -0.4 is 5.73 Å². The Morgan fingerprint density at radius 2 is 2.15 bits per heavy atom. The maximum Gasteiger partial charge on any atom is 0.00451 e. The first-order valence-electron chi connectivity index (χ1n) is 5.01. The van der Waals surface area contributed by atoms with Crippen LogP contribution in [0.25, 0.3) is 0 Å². The molecule has 1 heteroatoms. The third-order valence-electron chi connectivity index (χ3n) is 3.20. The number of hydrogen-bond acceptors (Lipinski definition) is 1. The molecule has 0 saturated carbocycles. The summed E-state index contributed by atoms with van der Waals surface area (Å²) in [6.07, 6.45) is 2.36. The van der Waals surface area contributed by atoms with Crippen LogP contribution >= 0.6 is 0 Å². The van der Waals surface area contributed by atoms with Crippen LogP contribution in [0.4, 0.5) is 0 Å². The summed E-state index contributed by atoms with van der Waals surface area (Å²) in [6, 6.07) is 6.91. The molecule has 0 radical (unpaired) electrons. The van der Waals surface area contributed by atoms with Crippen LogP contribution in [0.5, 0.6) is 0 Å². The Bertz CT molecular complexity index is 315. The smallest absolute Gasteiger partial charge is 0.00451 e. The molecule has 0 aliphatic heterocycles. The van der Waals surface area contributed by atoms with Gasteiger partial charge in [-0.05, 0) is 49.3 Å². The van der Waals surface area contributed by atoms with Crippen molar-refractivity contribution in [1.82, 2.24) is 0 Å². The molecule has 1 aliphatic carbocycles. The number of rotatable bonds is 1. The molecule has 2 unspecified atom stereocenters. The molecule has 0 amide bonds. The second-order valence-electron chi connectivity index (χ2n) is 4.24. The van der Waals surface area contributed by atoms with Crippen molar-refractivity contribution in [3.05, 3.63) is 34.9 Å². The van der Waals surface area contributed by atoms with Gasteiger partial charge in [0, 0.05) is 6.04 Å². The molecule has 0 fully saturated rings. The Hall–Kier alpha value is -0.820. The zero-order valence-electron chi connectivity index (χ0n) is 8.38. The first kappa shape index (κ1) is 8.76. The molecule has 0 saturated heterocycles. The molecule has 1 aromatic carbocycles. The van der Waals surface area contributed by atoms with Gasteiger partial charge in [0.25, 0.3) is 0 Å². The first-order valence-corrected chi connectivity index (χ1v) is 5.01. The van der Waals surface area contributed by atoms with Crippen LogP contribution in [-0.4, -0.2) is 6.04 Å². The fraction of sp³-hybridized carbons (Fsp3) is 0.500. The minimum absolute atomic E-state index is 0.326. The van der Waals surface area contributed by atoms with Gasteiger partial charge >= 0.3 is 0 Å². The van der Waals surface area contributed by atoms with Gasteiger partial charge in [-0.2, -0.15) is 0 Å². The van der Waals surface area contributed by atoms with E-state index in [0.29, 0.717) is 12.0 Å². The molecule has 0 spiro atoms. The fourth-order valence-corrected chi connectivity index (χ4v) is 2.23. The summed E-state index contributed by atoms with van der Waals surface area (Å²) >= 11 is 0. The van der Waals surface area contributed by atoms with Gasteiger partial charge in [-0.15, -0.1) is 0 Å². The summed E-state index contributed by atoms with van der Waals surface area (Å²) in [5.41, 5.74) is 10.4. The molecule has 1 nitrogen and oxygen atoms in total. The topological polar surface area (TPSA) is 26.0 Å². The molecule has 0 bridgehead atoms. The SMILES string of the molecule is Cc1cccc2c1CC(C(C)N)C2. The fourth-order valence-electron chi connectivity index (χ4n) is 2.23. The molecule has 2 N–H and O–H groups in total. The molecule has 70 valence electrons. The van der Waals surface area contributed by atoms with Gasteiger partial charge in [-0.3, -0.25) is 0 Å². The van der Waals surface area contributed by atoms with Crippen molar-refractivity contribution in [3.63, 3.8) is 0 Å². The van der Waals surface area contributed by atoms with Gasteiger partial charge in [0.2, 0.25) is 0 Å². The Balaban J connectivity index is 2.30. The molecule has 13 heavy (non-hydrogen) atoms. The zero-order valence-corrected chi connectivity index (χ0v) is 8.38. The lowest BCUT2D eigenvalue weighted by atomic mass is 9.98. The quantitative estimate of drug-likeness (QED) is 0.694. The second-order valence-corrected chi connectivity index (χ2v) is 4.24. The number of fused-ring (bicyclic) bond motifs is 1. The summed E-state index contributed by atoms with van der Waals surface area (Å²) in [5, 5.41) is 0. The molecule has 0 aromatic heterocycles. The minimum Gasteiger partial charge on any atom is -0.328 e. The second kappa shape index (κ2) is 3.15. The van der Waals surface area contributed by atoms with Crippen molar-refractivity contribution in [1.29, 1.82) is 0 Å². The number of aryl methyl sites for hydroxylation is 1. The Morgan fingerprint density at radius 3 is 2.77 bits per heavy atom. The highest BCUT2D eigenvalue weighted by atomic mass is 14.6. The predicted octanol–water partition coefficient (Wildman–Crippen LogP) is 2.06. The number of benzene rings is 1. The third kappa shape index (κ3) is 1.49. The lowest BCUT2D eigenvalue weighted by molar-refractivity contribution is 0.467. The van der Waals surface area contributed by atoms with Crippen molar-refractivity contribution in [2.24, 2.45) is 11.7 Å². The van der Waals surface area contributed by atoms with Crippen molar-refractivity contribution in [2.75, 3.05) is 0 Å². The van der Waals surface area contributed by atoms with E-state index >= 15 is 0 Å². The average Bonchev–Trinajstić information content (AvgIpc) is 2.49. The molecule has 2 atom stereocenters. The Kier molecular flexibility index (Phi) is 2.12. The summed E-state index contributed by atoms with van der Waals surface area (Å²) in [7, 11) is 0. The van der Waals surface area contributed by atoms with Crippen LogP contribution in [0, 0.1) is 12.8 Å². The van der Waals surface area contributed by atoms with E-state index in [1.54, 1.807) is 5.56 Å². The maximum absolute atomic E-state index is 5.93. The molecular formula is C12H17N. The summed E-state index contributed by atoms with van der Waals surface area (Å²) in [4.78, 5) is 0. The Labute approximate surface area is 80.0 Å². The van der Waals surface area contributed by atoms with Crippen molar-refractivity contribution < 1.29 is 0 Å². The highest BCUT2D eigenvalue weighted by Gasteiger charge is 2.24. The largest absolute Gasteiger partial charge is 0.328 e. The molecule has 0 heterocycles. The van der Waals surface area contributed by atoms with E-state index in [2.05, 4.69) is 32.0 Å². The monoisotopic (exact) mass is 175 g/mol. The summed E-state index contributed by atoms with van der Waals surface area (Å²) < 4.78 is 0. The van der Waals surface area contributed by atoms with Gasteiger partial charge in [0.1, 0.15) is 0 Å². The Morgan fingerprint density at radius 1 is 1.38 bits per heavy atom. The standard InChI is InChI=1S/C12H17N/c1-8-4-3-5-10-6-11(9(2)13)7-12(8)10/h3-5,9,11H,6-7,13H2,1-2H3. The van der Waals surface area contributed by atoms with Crippen LogP contribution in [0.3, 0.4) is 0 Å². The first-order chi connectivity index (χ1) is 6.18. The highest BCUT2D eigenvalue weighted by molar-refractivity contribution is 5.38. The minimum atomic E-state index is 0.326. The molecule has 1 aliphatic rings. The van der Waals surface area contributed by atoms with Crippen molar-refractivity contribution >= 4 is 0 Å². The zero-order chi connectivity index (χ0) is 9.42. The average molecular weight is 175 g/mol. The van der Waals surface area contributed by atoms with Gasteiger partial charge in [0.05, 0.1) is 0 Å². The lowest BCUT2D eigenvalue weighted by Gasteiger charge is -2.12. The van der Waals surface area contributed by atoms with Gasteiger partial charge in [-0.1, -0.05) is 18.2 Å². The number of hydrogen-bond donors (Lipinski definition) is 1. The van der Waals surface area contributed by atoms with Crippen LogP contribution in [0.2, 0.25) is 0 Å². The van der Waals surface area contributed by atoms with Crippen LogP contribution in [-0.2, 0) is 12.8 Å². The summed E-state index contributed by atoms with van der Waals surface area (Å²) in [6.45, 7) is 4.31. The normalized spacial score (nSPS) is 22.8. The van der Waals surface area contributed by atoms with E-state index in [1.807, 2.05) is 0 Å². The van der Waals surface area contributed by atoms with Gasteiger partial charge in [-0.25, -0.2) is 0 Å². The predicted molar refractivity (Wildman–Crippen MR) is 55.7 cm³/mol. The van der Waals surface area contributed by atoms with E-state index in [4.69, 9.17) is 5.73 Å². The third-order valence-corrected chi connectivity index (χ3v) is 3.20. The maximum atomic E-state index is 5.93.